The zero-order valence-corrected chi connectivity index (χ0v) is 13.3. The lowest BCUT2D eigenvalue weighted by atomic mass is 10.2. The molecule has 1 N–H and O–H groups in total. The van der Waals surface area contributed by atoms with E-state index < -0.39 is 0 Å². The van der Waals surface area contributed by atoms with E-state index in [4.69, 9.17) is 11.6 Å². The number of rotatable bonds is 5. The molecule has 0 saturated heterocycles. The van der Waals surface area contributed by atoms with Crippen molar-refractivity contribution in [1.29, 1.82) is 0 Å². The Morgan fingerprint density at radius 2 is 1.87 bits per heavy atom. The van der Waals surface area contributed by atoms with Crippen LogP contribution in [0.1, 0.15) is 11.4 Å². The Balaban J connectivity index is 1.65. The molecule has 0 fully saturated rings. The molecule has 0 atom stereocenters. The molecule has 0 aliphatic carbocycles. The molecule has 0 bridgehead atoms. The van der Waals surface area contributed by atoms with Gasteiger partial charge in [-0.3, -0.25) is 5.43 Å². The smallest absolute Gasteiger partial charge is 0.162 e. The first-order valence-electron chi connectivity index (χ1n) is 7.10. The molecular formula is C16H15ClN6. The summed E-state index contributed by atoms with van der Waals surface area (Å²) in [4.78, 5) is 0. The van der Waals surface area contributed by atoms with Crippen LogP contribution in [0, 0.1) is 6.92 Å². The van der Waals surface area contributed by atoms with Crippen molar-refractivity contribution in [1.82, 2.24) is 20.2 Å². The second kappa shape index (κ2) is 7.02. The topological polar surface area (TPSA) is 68.0 Å². The second-order valence-electron chi connectivity index (χ2n) is 4.98. The SMILES string of the molecule is Cc1ccc(N/N=C\Cc2nnnn2-c2ccc(Cl)cc2)cc1. The predicted molar refractivity (Wildman–Crippen MR) is 91.2 cm³/mol. The van der Waals surface area contributed by atoms with Crippen LogP contribution in [-0.4, -0.2) is 26.4 Å². The number of nitrogens with zero attached hydrogens (tertiary/aromatic N) is 5. The van der Waals surface area contributed by atoms with Gasteiger partial charge in [-0.25, -0.2) is 0 Å². The number of tetrazole rings is 1. The summed E-state index contributed by atoms with van der Waals surface area (Å²) in [5.41, 5.74) is 5.98. The Hall–Kier alpha value is -2.73. The van der Waals surface area contributed by atoms with Crippen molar-refractivity contribution in [3.8, 4) is 5.69 Å². The largest absolute Gasteiger partial charge is 0.279 e. The van der Waals surface area contributed by atoms with Crippen LogP contribution in [0.5, 0.6) is 0 Å². The fraction of sp³-hybridized carbons (Fsp3) is 0.125. The maximum atomic E-state index is 5.89. The van der Waals surface area contributed by atoms with E-state index in [1.54, 1.807) is 23.0 Å². The normalized spacial score (nSPS) is 11.0. The first-order valence-corrected chi connectivity index (χ1v) is 7.47. The molecule has 1 heterocycles. The van der Waals surface area contributed by atoms with E-state index in [0.29, 0.717) is 17.3 Å². The molecule has 23 heavy (non-hydrogen) atoms. The zero-order chi connectivity index (χ0) is 16.1. The standard InChI is InChI=1S/C16H15ClN6/c1-12-2-6-14(7-3-12)19-18-11-10-16-20-21-22-23(16)15-8-4-13(17)5-9-15/h2-9,11,19H,10H2,1H3/b18-11-. The first kappa shape index (κ1) is 15.2. The summed E-state index contributed by atoms with van der Waals surface area (Å²) in [7, 11) is 0. The molecule has 7 heteroatoms. The van der Waals surface area contributed by atoms with Crippen molar-refractivity contribution in [2.24, 2.45) is 5.10 Å². The van der Waals surface area contributed by atoms with Gasteiger partial charge in [0, 0.05) is 17.7 Å². The molecule has 0 aliphatic rings. The third-order valence-corrected chi connectivity index (χ3v) is 3.47. The Bertz CT molecular complexity index is 792. The highest BCUT2D eigenvalue weighted by atomic mass is 35.5. The lowest BCUT2D eigenvalue weighted by molar-refractivity contribution is 0.776. The average Bonchev–Trinajstić information content (AvgIpc) is 3.02. The molecule has 0 amide bonds. The number of nitrogens with one attached hydrogen (secondary N) is 1. The van der Waals surface area contributed by atoms with Crippen LogP contribution in [0.4, 0.5) is 5.69 Å². The van der Waals surface area contributed by atoms with Gasteiger partial charge in [0.25, 0.3) is 0 Å². The molecule has 2 aromatic carbocycles. The third kappa shape index (κ3) is 3.92. The quantitative estimate of drug-likeness (QED) is 0.577. The number of benzene rings is 2. The highest BCUT2D eigenvalue weighted by Gasteiger charge is 2.06. The number of halogens is 1. The average molecular weight is 327 g/mol. The van der Waals surface area contributed by atoms with Gasteiger partial charge < -0.3 is 0 Å². The van der Waals surface area contributed by atoms with Gasteiger partial charge in [-0.1, -0.05) is 29.3 Å². The van der Waals surface area contributed by atoms with Gasteiger partial charge in [0.05, 0.1) is 11.4 Å². The molecule has 3 aromatic rings. The second-order valence-corrected chi connectivity index (χ2v) is 5.41. The maximum absolute atomic E-state index is 5.89. The van der Waals surface area contributed by atoms with E-state index in [2.05, 4.69) is 26.1 Å². The molecule has 0 aliphatic heterocycles. The van der Waals surface area contributed by atoms with Crippen LogP contribution in [0.25, 0.3) is 5.69 Å². The summed E-state index contributed by atoms with van der Waals surface area (Å²) >= 11 is 5.89. The number of hydrogen-bond donors (Lipinski definition) is 1. The third-order valence-electron chi connectivity index (χ3n) is 3.22. The summed E-state index contributed by atoms with van der Waals surface area (Å²) in [6.07, 6.45) is 2.24. The highest BCUT2D eigenvalue weighted by Crippen LogP contribution is 2.13. The molecule has 0 unspecified atom stereocenters. The minimum absolute atomic E-state index is 0.508. The summed E-state index contributed by atoms with van der Waals surface area (Å²) < 4.78 is 1.66. The predicted octanol–water partition coefficient (Wildman–Crippen LogP) is 3.26. The molecule has 116 valence electrons. The fourth-order valence-electron chi connectivity index (χ4n) is 1.99. The van der Waals surface area contributed by atoms with E-state index in [1.165, 1.54) is 5.56 Å². The van der Waals surface area contributed by atoms with Gasteiger partial charge in [0.2, 0.25) is 0 Å². The minimum Gasteiger partial charge on any atom is -0.279 e. The summed E-state index contributed by atoms with van der Waals surface area (Å²) in [6.45, 7) is 2.05. The number of aryl methyl sites for hydroxylation is 1. The molecule has 0 saturated carbocycles. The van der Waals surface area contributed by atoms with Crippen molar-refractivity contribution >= 4 is 23.5 Å². The van der Waals surface area contributed by atoms with Crippen molar-refractivity contribution in [3.63, 3.8) is 0 Å². The summed E-state index contributed by atoms with van der Waals surface area (Å²) in [6, 6.07) is 15.3. The Morgan fingerprint density at radius 3 is 2.61 bits per heavy atom. The number of anilines is 1. The first-order chi connectivity index (χ1) is 11.2. The lowest BCUT2D eigenvalue weighted by Gasteiger charge is -2.03. The van der Waals surface area contributed by atoms with Crippen LogP contribution in [0.3, 0.4) is 0 Å². The van der Waals surface area contributed by atoms with Crippen molar-refractivity contribution < 1.29 is 0 Å². The zero-order valence-electron chi connectivity index (χ0n) is 12.5. The number of aromatic nitrogens is 4. The maximum Gasteiger partial charge on any atom is 0.162 e. The number of hydrogen-bond acceptors (Lipinski definition) is 5. The van der Waals surface area contributed by atoms with Crippen LogP contribution in [-0.2, 0) is 6.42 Å². The molecule has 1 aromatic heterocycles. The van der Waals surface area contributed by atoms with E-state index >= 15 is 0 Å². The van der Waals surface area contributed by atoms with E-state index in [1.807, 2.05) is 43.3 Å². The molecule has 0 spiro atoms. The van der Waals surface area contributed by atoms with Gasteiger partial charge in [-0.05, 0) is 53.7 Å². The van der Waals surface area contributed by atoms with Crippen LogP contribution >= 0.6 is 11.6 Å². The van der Waals surface area contributed by atoms with Gasteiger partial charge in [-0.15, -0.1) is 5.10 Å². The molecular weight excluding hydrogens is 312 g/mol. The number of hydrazone groups is 1. The van der Waals surface area contributed by atoms with E-state index in [-0.39, 0.29) is 0 Å². The van der Waals surface area contributed by atoms with Gasteiger partial charge in [0.15, 0.2) is 5.82 Å². The monoisotopic (exact) mass is 326 g/mol. The van der Waals surface area contributed by atoms with Gasteiger partial charge >= 0.3 is 0 Å². The molecule has 0 radical (unpaired) electrons. The summed E-state index contributed by atoms with van der Waals surface area (Å²) in [5, 5.41) is 16.6. The Kier molecular flexibility index (Phi) is 4.63. The van der Waals surface area contributed by atoms with E-state index in [0.717, 1.165) is 11.4 Å². The van der Waals surface area contributed by atoms with Crippen molar-refractivity contribution in [3.05, 3.63) is 64.9 Å². The fourth-order valence-corrected chi connectivity index (χ4v) is 2.12. The molecule has 6 nitrogen and oxygen atoms in total. The Labute approximate surface area is 138 Å². The lowest BCUT2D eigenvalue weighted by Crippen LogP contribution is -2.04. The molecule has 3 rings (SSSR count). The van der Waals surface area contributed by atoms with Crippen LogP contribution in [0.2, 0.25) is 5.02 Å². The summed E-state index contributed by atoms with van der Waals surface area (Å²) in [5.74, 6) is 0.696. The highest BCUT2D eigenvalue weighted by molar-refractivity contribution is 6.30. The van der Waals surface area contributed by atoms with Crippen molar-refractivity contribution in [2.75, 3.05) is 5.43 Å². The Morgan fingerprint density at radius 1 is 1.13 bits per heavy atom. The van der Waals surface area contributed by atoms with Crippen LogP contribution in [0.15, 0.2) is 53.6 Å². The van der Waals surface area contributed by atoms with Gasteiger partial charge in [-0.2, -0.15) is 9.78 Å². The minimum atomic E-state index is 0.508. The van der Waals surface area contributed by atoms with Crippen LogP contribution < -0.4 is 5.43 Å². The van der Waals surface area contributed by atoms with Gasteiger partial charge in [0.1, 0.15) is 0 Å². The van der Waals surface area contributed by atoms with E-state index in [9.17, 15) is 0 Å². The van der Waals surface area contributed by atoms with Crippen molar-refractivity contribution in [2.45, 2.75) is 13.3 Å².